The van der Waals surface area contributed by atoms with E-state index >= 15 is 0 Å². The highest BCUT2D eigenvalue weighted by Crippen LogP contribution is 2.35. The minimum atomic E-state index is -0.868. The van der Waals surface area contributed by atoms with Crippen molar-refractivity contribution in [2.75, 3.05) is 19.8 Å². The highest BCUT2D eigenvalue weighted by Gasteiger charge is 2.24. The van der Waals surface area contributed by atoms with Crippen molar-refractivity contribution >= 4 is 0 Å². The summed E-state index contributed by atoms with van der Waals surface area (Å²) < 4.78 is 11.3. The standard InChI is InChI=1S/C16H25NO3/c1-12(2)17-8-7-16(3,18)13-5-6-14-15(11-13)20-10-4-9-19-14/h5-6,11-12,17-18H,4,7-10H2,1-3H3. The number of benzene rings is 1. The van der Waals surface area contributed by atoms with Crippen LogP contribution in [-0.2, 0) is 5.60 Å². The van der Waals surface area contributed by atoms with Crippen LogP contribution in [0.5, 0.6) is 11.5 Å². The lowest BCUT2D eigenvalue weighted by atomic mass is 9.92. The summed E-state index contributed by atoms with van der Waals surface area (Å²) in [5.74, 6) is 1.50. The summed E-state index contributed by atoms with van der Waals surface area (Å²) in [6.07, 6.45) is 1.55. The SMILES string of the molecule is CC(C)NCCC(C)(O)c1ccc2c(c1)OCCCO2. The van der Waals surface area contributed by atoms with Crippen LogP contribution in [0.1, 0.15) is 39.2 Å². The van der Waals surface area contributed by atoms with Gasteiger partial charge in [0.2, 0.25) is 0 Å². The van der Waals surface area contributed by atoms with Crippen LogP contribution in [0.15, 0.2) is 18.2 Å². The van der Waals surface area contributed by atoms with Gasteiger partial charge in [0.1, 0.15) is 0 Å². The van der Waals surface area contributed by atoms with Crippen LogP contribution in [-0.4, -0.2) is 30.9 Å². The molecule has 0 saturated heterocycles. The summed E-state index contributed by atoms with van der Waals surface area (Å²) in [6, 6.07) is 6.13. The van der Waals surface area contributed by atoms with Gasteiger partial charge < -0.3 is 19.9 Å². The quantitative estimate of drug-likeness (QED) is 0.869. The van der Waals surface area contributed by atoms with Gasteiger partial charge in [0.05, 0.1) is 18.8 Å². The molecule has 4 heteroatoms. The largest absolute Gasteiger partial charge is 0.490 e. The lowest BCUT2D eigenvalue weighted by Gasteiger charge is -2.25. The molecule has 2 N–H and O–H groups in total. The molecule has 1 aromatic rings. The van der Waals surface area contributed by atoms with E-state index in [0.717, 1.165) is 30.0 Å². The number of rotatable bonds is 5. The molecular formula is C16H25NO3. The highest BCUT2D eigenvalue weighted by molar-refractivity contribution is 5.44. The second-order valence-electron chi connectivity index (χ2n) is 5.84. The van der Waals surface area contributed by atoms with Crippen molar-refractivity contribution < 1.29 is 14.6 Å². The summed E-state index contributed by atoms with van der Waals surface area (Å²) in [7, 11) is 0. The second kappa shape index (κ2) is 6.46. The Hall–Kier alpha value is -1.26. The molecule has 4 nitrogen and oxygen atoms in total. The smallest absolute Gasteiger partial charge is 0.161 e. The Morgan fingerprint density at radius 1 is 1.25 bits per heavy atom. The van der Waals surface area contributed by atoms with Gasteiger partial charge in [0.15, 0.2) is 11.5 Å². The third kappa shape index (κ3) is 3.87. The van der Waals surface area contributed by atoms with E-state index in [1.165, 1.54) is 0 Å². The average Bonchev–Trinajstić information content (AvgIpc) is 2.62. The fourth-order valence-electron chi connectivity index (χ4n) is 2.25. The molecule has 0 aromatic heterocycles. The summed E-state index contributed by atoms with van der Waals surface area (Å²) in [5.41, 5.74) is -0.000592. The summed E-state index contributed by atoms with van der Waals surface area (Å²) in [6.45, 7) is 8.16. The molecule has 112 valence electrons. The third-order valence-electron chi connectivity index (χ3n) is 3.53. The van der Waals surface area contributed by atoms with Gasteiger partial charge in [-0.2, -0.15) is 0 Å². The molecule has 20 heavy (non-hydrogen) atoms. The monoisotopic (exact) mass is 279 g/mol. The maximum absolute atomic E-state index is 10.6. The summed E-state index contributed by atoms with van der Waals surface area (Å²) in [5, 5.41) is 14.0. The van der Waals surface area contributed by atoms with E-state index in [9.17, 15) is 5.11 Å². The van der Waals surface area contributed by atoms with Gasteiger partial charge in [-0.25, -0.2) is 0 Å². The third-order valence-corrected chi connectivity index (χ3v) is 3.53. The van der Waals surface area contributed by atoms with E-state index in [4.69, 9.17) is 9.47 Å². The zero-order chi connectivity index (χ0) is 14.6. The second-order valence-corrected chi connectivity index (χ2v) is 5.84. The number of hydrogen-bond donors (Lipinski definition) is 2. The van der Waals surface area contributed by atoms with Crippen molar-refractivity contribution in [2.24, 2.45) is 0 Å². The predicted octanol–water partition coefficient (Wildman–Crippen LogP) is 2.44. The van der Waals surface area contributed by atoms with Crippen LogP contribution >= 0.6 is 0 Å². The first-order valence-electron chi connectivity index (χ1n) is 7.35. The Morgan fingerprint density at radius 2 is 1.95 bits per heavy atom. The van der Waals surface area contributed by atoms with Crippen molar-refractivity contribution in [3.63, 3.8) is 0 Å². The molecule has 0 aliphatic carbocycles. The molecule has 0 saturated carbocycles. The first kappa shape index (κ1) is 15.1. The predicted molar refractivity (Wildman–Crippen MR) is 79.4 cm³/mol. The summed E-state index contributed by atoms with van der Waals surface area (Å²) >= 11 is 0. The summed E-state index contributed by atoms with van der Waals surface area (Å²) in [4.78, 5) is 0. The molecule has 1 aliphatic rings. The topological polar surface area (TPSA) is 50.7 Å². The van der Waals surface area contributed by atoms with Crippen LogP contribution in [0, 0.1) is 0 Å². The van der Waals surface area contributed by atoms with E-state index in [1.54, 1.807) is 0 Å². The fraction of sp³-hybridized carbons (Fsp3) is 0.625. The molecule has 0 amide bonds. The molecule has 0 spiro atoms. The number of hydrogen-bond acceptors (Lipinski definition) is 4. The molecule has 0 fully saturated rings. The number of fused-ring (bicyclic) bond motifs is 1. The van der Waals surface area contributed by atoms with Gasteiger partial charge in [-0.3, -0.25) is 0 Å². The molecule has 1 aliphatic heterocycles. The molecular weight excluding hydrogens is 254 g/mol. The zero-order valence-corrected chi connectivity index (χ0v) is 12.6. The molecule has 1 unspecified atom stereocenters. The van der Waals surface area contributed by atoms with E-state index in [2.05, 4.69) is 19.2 Å². The minimum Gasteiger partial charge on any atom is -0.490 e. The highest BCUT2D eigenvalue weighted by atomic mass is 16.5. The maximum Gasteiger partial charge on any atom is 0.161 e. The molecule has 2 rings (SSSR count). The van der Waals surface area contributed by atoms with Crippen LogP contribution in [0.3, 0.4) is 0 Å². The van der Waals surface area contributed by atoms with Crippen LogP contribution in [0.2, 0.25) is 0 Å². The number of aliphatic hydroxyl groups is 1. The number of nitrogens with one attached hydrogen (secondary N) is 1. The zero-order valence-electron chi connectivity index (χ0n) is 12.6. The first-order chi connectivity index (χ1) is 9.49. The first-order valence-corrected chi connectivity index (χ1v) is 7.35. The normalized spacial score (nSPS) is 17.6. The van der Waals surface area contributed by atoms with Gasteiger partial charge >= 0.3 is 0 Å². The van der Waals surface area contributed by atoms with Crippen molar-refractivity contribution in [1.29, 1.82) is 0 Å². The van der Waals surface area contributed by atoms with Crippen LogP contribution in [0.25, 0.3) is 0 Å². The lowest BCUT2D eigenvalue weighted by Crippen LogP contribution is -2.31. The fourth-order valence-corrected chi connectivity index (χ4v) is 2.25. The minimum absolute atomic E-state index is 0.426. The molecule has 1 aromatic carbocycles. The molecule has 0 radical (unpaired) electrons. The number of ether oxygens (including phenoxy) is 2. The molecule has 0 bridgehead atoms. The van der Waals surface area contributed by atoms with Crippen LogP contribution in [0.4, 0.5) is 0 Å². The van der Waals surface area contributed by atoms with Gasteiger partial charge in [-0.1, -0.05) is 19.9 Å². The maximum atomic E-state index is 10.6. The van der Waals surface area contributed by atoms with Crippen molar-refractivity contribution in [3.8, 4) is 11.5 Å². The Balaban J connectivity index is 2.09. The van der Waals surface area contributed by atoms with E-state index in [1.807, 2.05) is 25.1 Å². The van der Waals surface area contributed by atoms with Gasteiger partial charge in [-0.05, 0) is 37.6 Å². The lowest BCUT2D eigenvalue weighted by molar-refractivity contribution is 0.0472. The molecule has 1 heterocycles. The van der Waals surface area contributed by atoms with Gasteiger partial charge in [0.25, 0.3) is 0 Å². The Morgan fingerprint density at radius 3 is 2.65 bits per heavy atom. The van der Waals surface area contributed by atoms with Crippen molar-refractivity contribution in [2.45, 2.75) is 45.3 Å². The van der Waals surface area contributed by atoms with Gasteiger partial charge in [-0.15, -0.1) is 0 Å². The van der Waals surface area contributed by atoms with Gasteiger partial charge in [0, 0.05) is 12.5 Å². The van der Waals surface area contributed by atoms with E-state index in [-0.39, 0.29) is 0 Å². The Bertz CT molecular complexity index is 443. The van der Waals surface area contributed by atoms with Crippen molar-refractivity contribution in [3.05, 3.63) is 23.8 Å². The van der Waals surface area contributed by atoms with Crippen LogP contribution < -0.4 is 14.8 Å². The van der Waals surface area contributed by atoms with Crippen molar-refractivity contribution in [1.82, 2.24) is 5.32 Å². The average molecular weight is 279 g/mol. The Labute approximate surface area is 121 Å². The van der Waals surface area contributed by atoms with E-state index in [0.29, 0.717) is 25.7 Å². The molecule has 1 atom stereocenters. The van der Waals surface area contributed by atoms with E-state index < -0.39 is 5.60 Å². The Kier molecular flexibility index (Phi) is 4.89.